The Morgan fingerprint density at radius 3 is 2.26 bits per heavy atom. The summed E-state index contributed by atoms with van der Waals surface area (Å²) in [5.74, 6) is -0.913. The van der Waals surface area contributed by atoms with Gasteiger partial charge in [-0.2, -0.15) is 0 Å². The summed E-state index contributed by atoms with van der Waals surface area (Å²) in [6.07, 6.45) is 1.72. The van der Waals surface area contributed by atoms with E-state index in [4.69, 9.17) is 0 Å². The third kappa shape index (κ3) is 5.53. The van der Waals surface area contributed by atoms with Crippen molar-refractivity contribution in [1.82, 2.24) is 5.32 Å². The molecule has 0 saturated heterocycles. The van der Waals surface area contributed by atoms with Crippen molar-refractivity contribution in [3.05, 3.63) is 59.9 Å². The molecule has 0 spiro atoms. The second-order valence-corrected chi connectivity index (χ2v) is 8.42. The zero-order valence-electron chi connectivity index (χ0n) is 15.8. The van der Waals surface area contributed by atoms with Gasteiger partial charge in [-0.25, -0.2) is 12.8 Å². The molecule has 7 heteroatoms. The first-order chi connectivity index (χ1) is 12.7. The van der Waals surface area contributed by atoms with Gasteiger partial charge >= 0.3 is 0 Å². The van der Waals surface area contributed by atoms with Gasteiger partial charge in [0.25, 0.3) is 10.0 Å². The Balaban J connectivity index is 2.36. The minimum atomic E-state index is -4.02. The summed E-state index contributed by atoms with van der Waals surface area (Å²) >= 11 is 0. The van der Waals surface area contributed by atoms with Crippen molar-refractivity contribution < 1.29 is 17.6 Å². The standard InChI is InChI=1S/C20H25FN2O3S/c1-4-5-16(3)22-20(24)14-23(18-10-6-15(2)7-11-18)27(25,26)19-12-8-17(21)9-13-19/h6-13,16H,4-5,14H2,1-3H3,(H,22,24). The Kier molecular flexibility index (Phi) is 6.96. The fourth-order valence-corrected chi connectivity index (χ4v) is 4.14. The maximum absolute atomic E-state index is 13.2. The number of carbonyl (C=O) groups excluding carboxylic acids is 1. The number of hydrogen-bond acceptors (Lipinski definition) is 3. The molecule has 0 fully saturated rings. The summed E-state index contributed by atoms with van der Waals surface area (Å²) in [6, 6.07) is 11.4. The van der Waals surface area contributed by atoms with Crippen LogP contribution in [0.15, 0.2) is 53.4 Å². The fourth-order valence-electron chi connectivity index (χ4n) is 2.72. The van der Waals surface area contributed by atoms with Crippen LogP contribution in [0.1, 0.15) is 32.3 Å². The molecule has 0 radical (unpaired) electrons. The summed E-state index contributed by atoms with van der Waals surface area (Å²) < 4.78 is 40.4. The van der Waals surface area contributed by atoms with Gasteiger partial charge in [0.1, 0.15) is 12.4 Å². The van der Waals surface area contributed by atoms with E-state index in [1.807, 2.05) is 20.8 Å². The van der Waals surface area contributed by atoms with E-state index in [9.17, 15) is 17.6 Å². The van der Waals surface area contributed by atoms with Crippen LogP contribution in [-0.2, 0) is 14.8 Å². The summed E-state index contributed by atoms with van der Waals surface area (Å²) in [5.41, 5.74) is 1.35. The van der Waals surface area contributed by atoms with E-state index < -0.39 is 15.8 Å². The van der Waals surface area contributed by atoms with Crippen molar-refractivity contribution in [2.75, 3.05) is 10.8 Å². The van der Waals surface area contributed by atoms with Gasteiger partial charge in [0.2, 0.25) is 5.91 Å². The molecule has 27 heavy (non-hydrogen) atoms. The number of hydrogen-bond donors (Lipinski definition) is 1. The highest BCUT2D eigenvalue weighted by Gasteiger charge is 2.27. The van der Waals surface area contributed by atoms with Gasteiger partial charge in [-0.1, -0.05) is 31.0 Å². The Morgan fingerprint density at radius 2 is 1.70 bits per heavy atom. The highest BCUT2D eigenvalue weighted by atomic mass is 32.2. The molecule has 1 unspecified atom stereocenters. The molecule has 2 aromatic rings. The third-order valence-electron chi connectivity index (χ3n) is 4.14. The van der Waals surface area contributed by atoms with Gasteiger partial charge in [-0.05, 0) is 56.7 Å². The van der Waals surface area contributed by atoms with Crippen LogP contribution in [0.3, 0.4) is 0 Å². The number of amides is 1. The molecule has 5 nitrogen and oxygen atoms in total. The number of aryl methyl sites for hydroxylation is 1. The van der Waals surface area contributed by atoms with Crippen molar-refractivity contribution >= 4 is 21.6 Å². The molecule has 2 aromatic carbocycles. The number of nitrogens with zero attached hydrogens (tertiary/aromatic N) is 1. The van der Waals surface area contributed by atoms with Crippen LogP contribution >= 0.6 is 0 Å². The quantitative estimate of drug-likeness (QED) is 0.746. The topological polar surface area (TPSA) is 66.5 Å². The number of sulfonamides is 1. The van der Waals surface area contributed by atoms with E-state index >= 15 is 0 Å². The van der Waals surface area contributed by atoms with Gasteiger partial charge in [0, 0.05) is 6.04 Å². The Morgan fingerprint density at radius 1 is 1.11 bits per heavy atom. The third-order valence-corrected chi connectivity index (χ3v) is 5.93. The molecule has 0 aliphatic rings. The lowest BCUT2D eigenvalue weighted by atomic mass is 10.2. The van der Waals surface area contributed by atoms with Crippen LogP contribution in [0.4, 0.5) is 10.1 Å². The molecule has 1 amide bonds. The number of rotatable bonds is 8. The minimum Gasteiger partial charge on any atom is -0.352 e. The molecule has 0 saturated carbocycles. The lowest BCUT2D eigenvalue weighted by molar-refractivity contribution is -0.120. The van der Waals surface area contributed by atoms with Crippen LogP contribution in [0, 0.1) is 12.7 Å². The zero-order valence-corrected chi connectivity index (χ0v) is 16.6. The highest BCUT2D eigenvalue weighted by molar-refractivity contribution is 7.92. The molecule has 0 heterocycles. The predicted molar refractivity (Wildman–Crippen MR) is 105 cm³/mol. The van der Waals surface area contributed by atoms with E-state index in [0.29, 0.717) is 5.69 Å². The number of anilines is 1. The van der Waals surface area contributed by atoms with Crippen LogP contribution in [0.25, 0.3) is 0 Å². The van der Waals surface area contributed by atoms with Crippen LogP contribution in [0.5, 0.6) is 0 Å². The Bertz CT molecular complexity index is 865. The van der Waals surface area contributed by atoms with Crippen molar-refractivity contribution in [2.24, 2.45) is 0 Å². The molecule has 0 bridgehead atoms. The summed E-state index contributed by atoms with van der Waals surface area (Å²) in [6.45, 7) is 5.44. The summed E-state index contributed by atoms with van der Waals surface area (Å²) in [7, 11) is -4.02. The average molecular weight is 392 g/mol. The van der Waals surface area contributed by atoms with Gasteiger partial charge < -0.3 is 5.32 Å². The number of nitrogens with one attached hydrogen (secondary N) is 1. The predicted octanol–water partition coefficient (Wildman–Crippen LogP) is 3.63. The monoisotopic (exact) mass is 392 g/mol. The Hall–Kier alpha value is -2.41. The van der Waals surface area contributed by atoms with Crippen LogP contribution < -0.4 is 9.62 Å². The summed E-state index contributed by atoms with van der Waals surface area (Å²) in [4.78, 5) is 12.4. The smallest absolute Gasteiger partial charge is 0.264 e. The molecule has 146 valence electrons. The van der Waals surface area contributed by atoms with Crippen molar-refractivity contribution in [2.45, 2.75) is 44.6 Å². The maximum atomic E-state index is 13.2. The zero-order chi connectivity index (χ0) is 20.0. The van der Waals surface area contributed by atoms with Crippen LogP contribution in [0.2, 0.25) is 0 Å². The maximum Gasteiger partial charge on any atom is 0.264 e. The second-order valence-electron chi connectivity index (χ2n) is 6.56. The van der Waals surface area contributed by atoms with Crippen molar-refractivity contribution in [3.8, 4) is 0 Å². The van der Waals surface area contributed by atoms with E-state index in [2.05, 4.69) is 5.32 Å². The highest BCUT2D eigenvalue weighted by Crippen LogP contribution is 2.24. The van der Waals surface area contributed by atoms with E-state index in [0.717, 1.165) is 34.8 Å². The van der Waals surface area contributed by atoms with E-state index in [-0.39, 0.29) is 23.4 Å². The van der Waals surface area contributed by atoms with Crippen molar-refractivity contribution in [3.63, 3.8) is 0 Å². The minimum absolute atomic E-state index is 0.0455. The number of halogens is 1. The first-order valence-electron chi connectivity index (χ1n) is 8.88. The van der Waals surface area contributed by atoms with Crippen molar-refractivity contribution in [1.29, 1.82) is 0 Å². The second kappa shape index (κ2) is 8.99. The molecule has 1 N–H and O–H groups in total. The fraction of sp³-hybridized carbons (Fsp3) is 0.350. The van der Waals surface area contributed by atoms with Crippen LogP contribution in [-0.4, -0.2) is 26.9 Å². The molecule has 2 rings (SSSR count). The average Bonchev–Trinajstić information content (AvgIpc) is 2.61. The van der Waals surface area contributed by atoms with E-state index in [1.54, 1.807) is 24.3 Å². The first-order valence-corrected chi connectivity index (χ1v) is 10.3. The summed E-state index contributed by atoms with van der Waals surface area (Å²) in [5, 5.41) is 2.82. The van der Waals surface area contributed by atoms with E-state index in [1.165, 1.54) is 12.1 Å². The lowest BCUT2D eigenvalue weighted by Gasteiger charge is -2.25. The lowest BCUT2D eigenvalue weighted by Crippen LogP contribution is -2.43. The normalized spacial score (nSPS) is 12.4. The largest absolute Gasteiger partial charge is 0.352 e. The molecule has 0 aliphatic carbocycles. The number of carbonyl (C=O) groups is 1. The van der Waals surface area contributed by atoms with Gasteiger partial charge in [-0.3, -0.25) is 9.10 Å². The molecular weight excluding hydrogens is 367 g/mol. The Labute approximate surface area is 160 Å². The SMILES string of the molecule is CCCC(C)NC(=O)CN(c1ccc(C)cc1)S(=O)(=O)c1ccc(F)cc1. The molecule has 0 aliphatic heterocycles. The molecular formula is C20H25FN2O3S. The van der Waals surface area contributed by atoms with Gasteiger partial charge in [0.05, 0.1) is 10.6 Å². The number of benzene rings is 2. The van der Waals surface area contributed by atoms with Gasteiger partial charge in [0.15, 0.2) is 0 Å². The molecule has 0 aromatic heterocycles. The first kappa shape index (κ1) is 20.9. The molecule has 1 atom stereocenters. The van der Waals surface area contributed by atoms with Gasteiger partial charge in [-0.15, -0.1) is 0 Å².